The van der Waals surface area contributed by atoms with Crippen molar-refractivity contribution in [1.82, 2.24) is 4.40 Å². The summed E-state index contributed by atoms with van der Waals surface area (Å²) in [5.74, 6) is -1.45. The van der Waals surface area contributed by atoms with Crippen LogP contribution < -0.4 is 5.32 Å². The summed E-state index contributed by atoms with van der Waals surface area (Å²) in [5, 5.41) is 3.81. The first-order chi connectivity index (χ1) is 13.9. The average Bonchev–Trinajstić information content (AvgIpc) is 3.10. The minimum Gasteiger partial charge on any atom is -0.319 e. The summed E-state index contributed by atoms with van der Waals surface area (Å²) in [6, 6.07) is 19.1. The smallest absolute Gasteiger partial charge is 0.298 e. The fraction of sp³-hybridized carbons (Fsp3) is 0. The summed E-state index contributed by atoms with van der Waals surface area (Å²) < 4.78 is 1.70. The third kappa shape index (κ3) is 3.87. The van der Waals surface area contributed by atoms with Crippen molar-refractivity contribution in [3.8, 4) is 11.1 Å². The monoisotopic (exact) mass is 442 g/mol. The first-order valence-corrected chi connectivity index (χ1v) is 9.74. The maximum Gasteiger partial charge on any atom is 0.298 e. The molecule has 2 aromatic carbocycles. The number of Topliss-reactive ketones (excluding diaryl/α,β-unsaturated/α-hetero) is 1. The molecule has 4 rings (SSSR count). The zero-order valence-corrected chi connectivity index (χ0v) is 17.1. The minimum absolute atomic E-state index is 0.264. The molecule has 0 bridgehead atoms. The number of fused-ring (bicyclic) bond motifs is 1. The van der Waals surface area contributed by atoms with Crippen molar-refractivity contribution in [2.75, 3.05) is 5.32 Å². The summed E-state index contributed by atoms with van der Waals surface area (Å²) in [4.78, 5) is 25.8. The minimum atomic E-state index is -0.776. The van der Waals surface area contributed by atoms with Crippen molar-refractivity contribution in [1.29, 1.82) is 0 Å². The van der Waals surface area contributed by atoms with Gasteiger partial charge in [-0.15, -0.1) is 0 Å². The van der Waals surface area contributed by atoms with Gasteiger partial charge in [0.1, 0.15) is 5.69 Å². The largest absolute Gasteiger partial charge is 0.319 e. The molecule has 0 aliphatic carbocycles. The third-order valence-electron chi connectivity index (χ3n) is 4.43. The van der Waals surface area contributed by atoms with Gasteiger partial charge in [-0.1, -0.05) is 53.0 Å². The molecule has 0 spiro atoms. The Balaban J connectivity index is 1.76. The van der Waals surface area contributed by atoms with Crippen LogP contribution in [0.1, 0.15) is 10.5 Å². The van der Waals surface area contributed by atoms with Gasteiger partial charge in [0.25, 0.3) is 11.7 Å². The molecule has 0 aliphatic heterocycles. The lowest BCUT2D eigenvalue weighted by Crippen LogP contribution is -2.24. The molecule has 2 heterocycles. The molecule has 0 fully saturated rings. The van der Waals surface area contributed by atoms with Gasteiger partial charge < -0.3 is 9.72 Å². The molecule has 0 atom stereocenters. The Labute approximate surface area is 181 Å². The van der Waals surface area contributed by atoms with Crippen LogP contribution in [0.5, 0.6) is 0 Å². The molecule has 4 nitrogen and oxygen atoms in total. The Kier molecular flexibility index (Phi) is 5.33. The SMILES string of the molecule is O=C(Nc1ccc(Cl)c(Cl)c1)C(=O)c1c(-c2ccc(Cl)cc2)cc2ccccn12. The van der Waals surface area contributed by atoms with Gasteiger partial charge in [-0.05, 0) is 54.1 Å². The Morgan fingerprint density at radius 2 is 1.59 bits per heavy atom. The zero-order valence-electron chi connectivity index (χ0n) is 14.8. The van der Waals surface area contributed by atoms with Crippen LogP contribution in [0.3, 0.4) is 0 Å². The molecular weight excluding hydrogens is 431 g/mol. The fourth-order valence-corrected chi connectivity index (χ4v) is 3.50. The molecule has 4 aromatic rings. The van der Waals surface area contributed by atoms with E-state index >= 15 is 0 Å². The van der Waals surface area contributed by atoms with E-state index in [1.807, 2.05) is 30.3 Å². The summed E-state index contributed by atoms with van der Waals surface area (Å²) in [6.07, 6.45) is 1.74. The van der Waals surface area contributed by atoms with E-state index in [-0.39, 0.29) is 10.7 Å². The normalized spacial score (nSPS) is 10.9. The number of rotatable bonds is 4. The Hall–Kier alpha value is -2.79. The van der Waals surface area contributed by atoms with E-state index in [0.29, 0.717) is 21.3 Å². The second kappa shape index (κ2) is 7.91. The van der Waals surface area contributed by atoms with E-state index in [2.05, 4.69) is 5.32 Å². The molecular formula is C22H13Cl3N2O2. The number of amides is 1. The van der Waals surface area contributed by atoms with Crippen LogP contribution in [0.2, 0.25) is 15.1 Å². The summed E-state index contributed by atoms with van der Waals surface area (Å²) in [6.45, 7) is 0. The second-order valence-electron chi connectivity index (χ2n) is 6.32. The number of hydrogen-bond donors (Lipinski definition) is 1. The molecule has 2 aromatic heterocycles. The predicted octanol–water partition coefficient (Wildman–Crippen LogP) is 6.39. The molecule has 0 aliphatic rings. The number of pyridine rings is 1. The standard InChI is InChI=1S/C22H13Cl3N2O2/c23-14-6-4-13(5-7-14)17-12-16-3-1-2-10-27(16)20(17)21(28)22(29)26-15-8-9-18(24)19(25)11-15/h1-12H,(H,26,29). The lowest BCUT2D eigenvalue weighted by atomic mass is 10.0. The maximum atomic E-state index is 13.1. The van der Waals surface area contributed by atoms with E-state index in [1.165, 1.54) is 6.07 Å². The number of carbonyl (C=O) groups is 2. The van der Waals surface area contributed by atoms with Gasteiger partial charge in [-0.2, -0.15) is 0 Å². The van der Waals surface area contributed by atoms with Crippen molar-refractivity contribution in [3.63, 3.8) is 0 Å². The second-order valence-corrected chi connectivity index (χ2v) is 7.57. The van der Waals surface area contributed by atoms with Crippen molar-refractivity contribution < 1.29 is 9.59 Å². The molecule has 0 radical (unpaired) electrons. The van der Waals surface area contributed by atoms with E-state index in [9.17, 15) is 9.59 Å². The van der Waals surface area contributed by atoms with Gasteiger partial charge in [0.05, 0.1) is 10.0 Å². The van der Waals surface area contributed by atoms with Gasteiger partial charge in [-0.3, -0.25) is 9.59 Å². The number of carbonyl (C=O) groups excluding carboxylic acids is 2. The molecule has 0 unspecified atom stereocenters. The van der Waals surface area contributed by atoms with Crippen LogP contribution in [-0.4, -0.2) is 16.1 Å². The van der Waals surface area contributed by atoms with Crippen LogP contribution in [0.4, 0.5) is 5.69 Å². The van der Waals surface area contributed by atoms with Crippen LogP contribution in [-0.2, 0) is 4.79 Å². The topological polar surface area (TPSA) is 50.6 Å². The Morgan fingerprint density at radius 1 is 0.828 bits per heavy atom. The highest BCUT2D eigenvalue weighted by Gasteiger charge is 2.25. The molecule has 0 saturated carbocycles. The van der Waals surface area contributed by atoms with Gasteiger partial charge in [0, 0.05) is 28.0 Å². The number of benzene rings is 2. The van der Waals surface area contributed by atoms with E-state index < -0.39 is 11.7 Å². The summed E-state index contributed by atoms with van der Waals surface area (Å²) >= 11 is 17.9. The van der Waals surface area contributed by atoms with Crippen molar-refractivity contribution >= 4 is 57.7 Å². The molecule has 1 N–H and O–H groups in total. The first-order valence-electron chi connectivity index (χ1n) is 8.61. The number of nitrogens with zero attached hydrogens (tertiary/aromatic N) is 1. The van der Waals surface area contributed by atoms with Crippen LogP contribution in [0, 0.1) is 0 Å². The number of hydrogen-bond acceptors (Lipinski definition) is 2. The zero-order chi connectivity index (χ0) is 20.5. The predicted molar refractivity (Wildman–Crippen MR) is 117 cm³/mol. The van der Waals surface area contributed by atoms with Gasteiger partial charge in [0.2, 0.25) is 0 Å². The Morgan fingerprint density at radius 3 is 2.31 bits per heavy atom. The fourth-order valence-electron chi connectivity index (χ4n) is 3.07. The number of nitrogens with one attached hydrogen (secondary N) is 1. The molecule has 1 amide bonds. The highest BCUT2D eigenvalue weighted by molar-refractivity contribution is 6.47. The number of aromatic nitrogens is 1. The van der Waals surface area contributed by atoms with Gasteiger partial charge >= 0.3 is 0 Å². The molecule has 29 heavy (non-hydrogen) atoms. The summed E-state index contributed by atoms with van der Waals surface area (Å²) in [7, 11) is 0. The van der Waals surface area contributed by atoms with Crippen molar-refractivity contribution in [3.05, 3.63) is 93.7 Å². The maximum absolute atomic E-state index is 13.1. The Bertz CT molecular complexity index is 1250. The molecule has 0 saturated heterocycles. The van der Waals surface area contributed by atoms with E-state index in [4.69, 9.17) is 34.8 Å². The van der Waals surface area contributed by atoms with Gasteiger partial charge in [0.15, 0.2) is 0 Å². The highest BCUT2D eigenvalue weighted by Crippen LogP contribution is 2.30. The number of halogens is 3. The number of ketones is 1. The average molecular weight is 444 g/mol. The third-order valence-corrected chi connectivity index (χ3v) is 5.42. The first kappa shape index (κ1) is 19.5. The quantitative estimate of drug-likeness (QED) is 0.293. The highest BCUT2D eigenvalue weighted by atomic mass is 35.5. The van der Waals surface area contributed by atoms with Crippen LogP contribution in [0.25, 0.3) is 16.6 Å². The van der Waals surface area contributed by atoms with E-state index in [0.717, 1.165) is 11.1 Å². The van der Waals surface area contributed by atoms with E-state index in [1.54, 1.807) is 40.9 Å². The summed E-state index contributed by atoms with van der Waals surface area (Å²) in [5.41, 5.74) is 2.86. The molecule has 144 valence electrons. The lowest BCUT2D eigenvalue weighted by Gasteiger charge is -2.08. The molecule has 7 heteroatoms. The van der Waals surface area contributed by atoms with Crippen LogP contribution in [0.15, 0.2) is 72.9 Å². The number of anilines is 1. The van der Waals surface area contributed by atoms with Crippen LogP contribution >= 0.6 is 34.8 Å². The lowest BCUT2D eigenvalue weighted by molar-refractivity contribution is -0.112. The van der Waals surface area contributed by atoms with Crippen molar-refractivity contribution in [2.45, 2.75) is 0 Å². The van der Waals surface area contributed by atoms with Crippen molar-refractivity contribution in [2.24, 2.45) is 0 Å². The van der Waals surface area contributed by atoms with Gasteiger partial charge in [-0.25, -0.2) is 0 Å².